The molecule has 0 unspecified atom stereocenters. The molecule has 2 heterocycles. The second kappa shape index (κ2) is 9.22. The maximum absolute atomic E-state index is 13.8. The van der Waals surface area contributed by atoms with Crippen LogP contribution in [0, 0.1) is 23.6 Å². The van der Waals surface area contributed by atoms with Crippen molar-refractivity contribution in [3.63, 3.8) is 0 Å². The van der Waals surface area contributed by atoms with Gasteiger partial charge >= 0.3 is 0 Å². The number of hydrogen-bond acceptors (Lipinski definition) is 6. The average Bonchev–Trinajstić information content (AvgIpc) is 3.48. The third-order valence-electron chi connectivity index (χ3n) is 8.36. The molecule has 0 spiro atoms. The second-order valence-electron chi connectivity index (χ2n) is 10.8. The number of tetrazole rings is 1. The standard InChI is InChI=1S/C25H32FN5O2S/c26-21-5-3-17(4-6-21)14-30(25-11-18-8-19(12-25)10-20(9-18)13-25)23(32)16-34-24-27-28-29-31(24)15-22-2-1-7-33-22/h3-6,18-20,22H,1-2,7-16H2/t18?,19?,20?,22-,25?/m1/s1. The zero-order valence-electron chi connectivity index (χ0n) is 19.4. The van der Waals surface area contributed by atoms with E-state index < -0.39 is 0 Å². The average molecular weight is 486 g/mol. The number of benzene rings is 1. The van der Waals surface area contributed by atoms with E-state index in [1.807, 2.05) is 12.1 Å². The van der Waals surface area contributed by atoms with Gasteiger partial charge in [-0.2, -0.15) is 0 Å². The predicted octanol–water partition coefficient (Wildman–Crippen LogP) is 4.08. The monoisotopic (exact) mass is 485 g/mol. The van der Waals surface area contributed by atoms with Crippen LogP contribution in [0.25, 0.3) is 0 Å². The van der Waals surface area contributed by atoms with E-state index >= 15 is 0 Å². The Bertz CT molecular complexity index is 987. The van der Waals surface area contributed by atoms with Crippen molar-refractivity contribution in [2.45, 2.75) is 81.3 Å². The molecule has 1 amide bonds. The molecule has 1 aromatic carbocycles. The number of halogens is 1. The van der Waals surface area contributed by atoms with Gasteiger partial charge in [-0.05, 0) is 97.2 Å². The molecule has 1 saturated heterocycles. The molecule has 1 aliphatic heterocycles. The number of nitrogens with zero attached hydrogens (tertiary/aromatic N) is 5. The van der Waals surface area contributed by atoms with Crippen LogP contribution in [0.4, 0.5) is 4.39 Å². The van der Waals surface area contributed by atoms with Crippen LogP contribution >= 0.6 is 11.8 Å². The Morgan fingerprint density at radius 3 is 2.50 bits per heavy atom. The Morgan fingerprint density at radius 2 is 1.85 bits per heavy atom. The molecule has 0 N–H and O–H groups in total. The van der Waals surface area contributed by atoms with Gasteiger partial charge in [-0.3, -0.25) is 4.79 Å². The molecule has 4 aliphatic carbocycles. The third-order valence-corrected chi connectivity index (χ3v) is 9.30. The highest BCUT2D eigenvalue weighted by Gasteiger charge is 2.54. The topological polar surface area (TPSA) is 73.1 Å². The van der Waals surface area contributed by atoms with Gasteiger partial charge in [-0.15, -0.1) is 5.10 Å². The minimum Gasteiger partial charge on any atom is -0.376 e. The lowest BCUT2D eigenvalue weighted by Gasteiger charge is -2.60. The Morgan fingerprint density at radius 1 is 1.15 bits per heavy atom. The molecule has 2 aromatic rings. The molecule has 5 aliphatic rings. The van der Waals surface area contributed by atoms with Crippen molar-refractivity contribution in [2.75, 3.05) is 12.4 Å². The smallest absolute Gasteiger partial charge is 0.233 e. The SMILES string of the molecule is O=C(CSc1nnnn1C[C@H]1CCCO1)N(Cc1ccc(F)cc1)C12CC3CC(CC(C3)C1)C2. The van der Waals surface area contributed by atoms with Gasteiger partial charge in [0.25, 0.3) is 0 Å². The van der Waals surface area contributed by atoms with Crippen LogP contribution in [0.15, 0.2) is 29.4 Å². The summed E-state index contributed by atoms with van der Waals surface area (Å²) < 4.78 is 21.0. The van der Waals surface area contributed by atoms with Crippen LogP contribution in [-0.4, -0.2) is 55.0 Å². The molecular weight excluding hydrogens is 453 g/mol. The summed E-state index contributed by atoms with van der Waals surface area (Å²) >= 11 is 1.41. The van der Waals surface area contributed by atoms with Gasteiger partial charge in [-0.1, -0.05) is 23.9 Å². The normalized spacial score (nSPS) is 31.8. The first-order valence-electron chi connectivity index (χ1n) is 12.6. The molecular formula is C25H32FN5O2S. The number of carbonyl (C=O) groups excluding carboxylic acids is 1. The highest BCUT2D eigenvalue weighted by atomic mass is 32.2. The Labute approximate surface area is 203 Å². The van der Waals surface area contributed by atoms with Crippen LogP contribution in [0.1, 0.15) is 56.9 Å². The van der Waals surface area contributed by atoms with Crippen molar-refractivity contribution in [1.82, 2.24) is 25.1 Å². The summed E-state index contributed by atoms with van der Waals surface area (Å²) in [6.45, 7) is 1.95. The number of rotatable bonds is 8. The fourth-order valence-electron chi connectivity index (χ4n) is 7.29. The number of thioether (sulfide) groups is 1. The van der Waals surface area contributed by atoms with Gasteiger partial charge in [0.2, 0.25) is 11.1 Å². The zero-order chi connectivity index (χ0) is 23.1. The maximum atomic E-state index is 13.8. The van der Waals surface area contributed by atoms with Crippen molar-refractivity contribution >= 4 is 17.7 Å². The first-order valence-corrected chi connectivity index (χ1v) is 13.6. The lowest BCUT2D eigenvalue weighted by atomic mass is 9.52. The summed E-state index contributed by atoms with van der Waals surface area (Å²) in [4.78, 5) is 16.0. The Kier molecular flexibility index (Phi) is 6.09. The molecule has 7 nitrogen and oxygen atoms in total. The molecule has 1 atom stereocenters. The Balaban J connectivity index is 1.20. The van der Waals surface area contributed by atoms with Crippen LogP contribution < -0.4 is 0 Å². The third kappa shape index (κ3) is 4.49. The van der Waals surface area contributed by atoms with Crippen molar-refractivity contribution in [2.24, 2.45) is 17.8 Å². The number of hydrogen-bond donors (Lipinski definition) is 0. The van der Waals surface area contributed by atoms with Gasteiger partial charge < -0.3 is 9.64 Å². The molecule has 1 aromatic heterocycles. The van der Waals surface area contributed by atoms with Crippen LogP contribution in [0.5, 0.6) is 0 Å². The minimum absolute atomic E-state index is 0.0651. The summed E-state index contributed by atoms with van der Waals surface area (Å²) in [5.74, 6) is 2.39. The summed E-state index contributed by atoms with van der Waals surface area (Å²) in [6.07, 6.45) is 9.51. The van der Waals surface area contributed by atoms with E-state index in [1.54, 1.807) is 4.68 Å². The molecule has 9 heteroatoms. The molecule has 0 radical (unpaired) electrons. The maximum Gasteiger partial charge on any atom is 0.233 e. The van der Waals surface area contributed by atoms with Crippen LogP contribution in [-0.2, 0) is 22.6 Å². The largest absolute Gasteiger partial charge is 0.376 e. The molecule has 7 rings (SSSR count). The van der Waals surface area contributed by atoms with E-state index in [4.69, 9.17) is 4.74 Å². The van der Waals surface area contributed by atoms with E-state index in [0.29, 0.717) is 24.0 Å². The minimum atomic E-state index is -0.245. The molecule has 4 bridgehead atoms. The van der Waals surface area contributed by atoms with Crippen molar-refractivity contribution in [3.05, 3.63) is 35.6 Å². The quantitative estimate of drug-likeness (QED) is 0.525. The number of carbonyl (C=O) groups is 1. The number of amides is 1. The number of ether oxygens (including phenoxy) is 1. The van der Waals surface area contributed by atoms with Gasteiger partial charge in [0, 0.05) is 18.7 Å². The van der Waals surface area contributed by atoms with Gasteiger partial charge in [-0.25, -0.2) is 9.07 Å². The highest BCUT2D eigenvalue weighted by Crippen LogP contribution is 2.58. The number of aromatic nitrogens is 4. The lowest BCUT2D eigenvalue weighted by Crippen LogP contribution is -2.61. The first-order chi connectivity index (χ1) is 16.6. The van der Waals surface area contributed by atoms with Crippen LogP contribution in [0.3, 0.4) is 0 Å². The van der Waals surface area contributed by atoms with Crippen LogP contribution in [0.2, 0.25) is 0 Å². The van der Waals surface area contributed by atoms with Gasteiger partial charge in [0.15, 0.2) is 0 Å². The lowest BCUT2D eigenvalue weighted by molar-refractivity contribution is -0.149. The zero-order valence-corrected chi connectivity index (χ0v) is 20.3. The van der Waals surface area contributed by atoms with Gasteiger partial charge in [0.1, 0.15) is 5.82 Å². The molecule has 5 fully saturated rings. The molecule has 34 heavy (non-hydrogen) atoms. The summed E-state index contributed by atoms with van der Waals surface area (Å²) in [5.41, 5.74) is 0.920. The van der Waals surface area contributed by atoms with Gasteiger partial charge in [0.05, 0.1) is 18.4 Å². The van der Waals surface area contributed by atoms with E-state index in [9.17, 15) is 9.18 Å². The Hall–Kier alpha value is -2.00. The fourth-order valence-corrected chi connectivity index (χ4v) is 8.05. The van der Waals surface area contributed by atoms with Crippen molar-refractivity contribution in [3.8, 4) is 0 Å². The summed E-state index contributed by atoms with van der Waals surface area (Å²) in [7, 11) is 0. The highest BCUT2D eigenvalue weighted by molar-refractivity contribution is 7.99. The molecule has 182 valence electrons. The first kappa shape index (κ1) is 22.5. The van der Waals surface area contributed by atoms with E-state index in [0.717, 1.165) is 62.0 Å². The molecule has 4 saturated carbocycles. The van der Waals surface area contributed by atoms with Crippen molar-refractivity contribution in [1.29, 1.82) is 0 Å². The predicted molar refractivity (Wildman–Crippen MR) is 125 cm³/mol. The van der Waals surface area contributed by atoms with E-state index in [1.165, 1.54) is 43.2 Å². The summed E-state index contributed by atoms with van der Waals surface area (Å²) in [5, 5.41) is 12.8. The van der Waals surface area contributed by atoms with Crippen molar-refractivity contribution < 1.29 is 13.9 Å². The summed E-state index contributed by atoms with van der Waals surface area (Å²) in [6, 6.07) is 6.61. The van der Waals surface area contributed by atoms with E-state index in [2.05, 4.69) is 20.4 Å². The fraction of sp³-hybridized carbons (Fsp3) is 0.680. The second-order valence-corrected chi connectivity index (χ2v) is 11.8. The van der Waals surface area contributed by atoms with E-state index in [-0.39, 0.29) is 23.4 Å².